The zero-order valence-electron chi connectivity index (χ0n) is 15.5. The van der Waals surface area contributed by atoms with E-state index in [-0.39, 0.29) is 11.5 Å². The summed E-state index contributed by atoms with van der Waals surface area (Å²) in [4.78, 5) is 24.8. The lowest BCUT2D eigenvalue weighted by Crippen LogP contribution is -2.16. The maximum atomic E-state index is 14.1. The number of nitrogens with one attached hydrogen (secondary N) is 2. The summed E-state index contributed by atoms with van der Waals surface area (Å²) < 4.78 is 19.1. The summed E-state index contributed by atoms with van der Waals surface area (Å²) in [6, 6.07) is 18.0. The van der Waals surface area contributed by atoms with E-state index in [1.807, 2.05) is 6.07 Å². The van der Waals surface area contributed by atoms with Crippen molar-refractivity contribution < 1.29 is 18.7 Å². The molecule has 0 aliphatic carbocycles. The summed E-state index contributed by atoms with van der Waals surface area (Å²) in [5, 5.41) is 5.51. The smallest absolute Gasteiger partial charge is 0.258 e. The van der Waals surface area contributed by atoms with Crippen molar-refractivity contribution in [2.75, 3.05) is 17.7 Å². The first-order chi connectivity index (χ1) is 13.5. The van der Waals surface area contributed by atoms with Crippen LogP contribution >= 0.6 is 0 Å². The number of amides is 2. The van der Waals surface area contributed by atoms with Gasteiger partial charge in [0.1, 0.15) is 11.6 Å². The first-order valence-electron chi connectivity index (χ1n) is 8.60. The summed E-state index contributed by atoms with van der Waals surface area (Å²) in [6.07, 6.45) is 0. The highest BCUT2D eigenvalue weighted by atomic mass is 19.1. The summed E-state index contributed by atoms with van der Waals surface area (Å²) in [7, 11) is 1.42. The number of hydrogen-bond acceptors (Lipinski definition) is 3. The van der Waals surface area contributed by atoms with E-state index in [1.54, 1.807) is 49.4 Å². The number of benzene rings is 3. The normalized spacial score (nSPS) is 10.2. The van der Waals surface area contributed by atoms with Gasteiger partial charge < -0.3 is 15.4 Å². The summed E-state index contributed by atoms with van der Waals surface area (Å²) in [5.41, 5.74) is 2.12. The van der Waals surface area contributed by atoms with Gasteiger partial charge >= 0.3 is 0 Å². The highest BCUT2D eigenvalue weighted by Crippen LogP contribution is 2.25. The van der Waals surface area contributed by atoms with Crippen molar-refractivity contribution in [2.45, 2.75) is 6.92 Å². The number of methoxy groups -OCH3 is 1. The Morgan fingerprint density at radius 1 is 0.857 bits per heavy atom. The molecule has 0 fully saturated rings. The highest BCUT2D eigenvalue weighted by Gasteiger charge is 2.15. The fourth-order valence-electron chi connectivity index (χ4n) is 2.69. The van der Waals surface area contributed by atoms with Crippen LogP contribution in [0.5, 0.6) is 5.75 Å². The van der Waals surface area contributed by atoms with Crippen LogP contribution in [-0.2, 0) is 0 Å². The van der Waals surface area contributed by atoms with Gasteiger partial charge in [-0.2, -0.15) is 0 Å². The SMILES string of the molecule is COc1ccc(C(=O)Nc2cccc(NC(=O)c3ccccc3)c2C)c(F)c1. The summed E-state index contributed by atoms with van der Waals surface area (Å²) >= 11 is 0. The third-order valence-electron chi connectivity index (χ3n) is 4.29. The minimum Gasteiger partial charge on any atom is -0.497 e. The van der Waals surface area contributed by atoms with Crippen LogP contribution in [0.15, 0.2) is 66.7 Å². The first kappa shape index (κ1) is 19.1. The Balaban J connectivity index is 1.79. The number of carbonyl (C=O) groups is 2. The van der Waals surface area contributed by atoms with Gasteiger partial charge in [-0.15, -0.1) is 0 Å². The lowest BCUT2D eigenvalue weighted by atomic mass is 10.1. The zero-order chi connectivity index (χ0) is 20.1. The largest absolute Gasteiger partial charge is 0.497 e. The molecule has 6 heteroatoms. The number of carbonyl (C=O) groups excluding carboxylic acids is 2. The van der Waals surface area contributed by atoms with Gasteiger partial charge in [-0.3, -0.25) is 9.59 Å². The minimum absolute atomic E-state index is 0.0982. The van der Waals surface area contributed by atoms with Gasteiger partial charge in [0.05, 0.1) is 12.7 Å². The van der Waals surface area contributed by atoms with Crippen molar-refractivity contribution >= 4 is 23.2 Å². The predicted molar refractivity (Wildman–Crippen MR) is 106 cm³/mol. The molecule has 2 amide bonds. The molecule has 0 radical (unpaired) electrons. The Hall–Kier alpha value is -3.67. The van der Waals surface area contributed by atoms with Gasteiger partial charge in [0, 0.05) is 23.0 Å². The minimum atomic E-state index is -0.678. The lowest BCUT2D eigenvalue weighted by molar-refractivity contribution is 0.101. The van der Waals surface area contributed by atoms with Crippen molar-refractivity contribution in [1.82, 2.24) is 0 Å². The molecule has 0 saturated heterocycles. The van der Waals surface area contributed by atoms with E-state index in [4.69, 9.17) is 4.74 Å². The fraction of sp³-hybridized carbons (Fsp3) is 0.0909. The molecule has 0 aromatic heterocycles. The molecule has 3 rings (SSSR count). The number of halogens is 1. The maximum Gasteiger partial charge on any atom is 0.258 e. The molecule has 0 unspecified atom stereocenters. The Morgan fingerprint density at radius 2 is 1.50 bits per heavy atom. The zero-order valence-corrected chi connectivity index (χ0v) is 15.5. The van der Waals surface area contributed by atoms with Crippen molar-refractivity contribution in [1.29, 1.82) is 0 Å². The van der Waals surface area contributed by atoms with Crippen LogP contribution in [0.3, 0.4) is 0 Å². The van der Waals surface area contributed by atoms with E-state index >= 15 is 0 Å². The van der Waals surface area contributed by atoms with E-state index in [1.165, 1.54) is 19.2 Å². The molecule has 0 aliphatic heterocycles. The summed E-state index contributed by atoms with van der Waals surface area (Å²) in [6.45, 7) is 1.76. The van der Waals surface area contributed by atoms with Gasteiger partial charge in [-0.05, 0) is 48.9 Å². The van der Waals surface area contributed by atoms with Crippen molar-refractivity contribution in [3.63, 3.8) is 0 Å². The molecular weight excluding hydrogens is 359 g/mol. The molecule has 3 aromatic carbocycles. The van der Waals surface area contributed by atoms with Crippen molar-refractivity contribution in [2.24, 2.45) is 0 Å². The lowest BCUT2D eigenvalue weighted by Gasteiger charge is -2.14. The highest BCUT2D eigenvalue weighted by molar-refractivity contribution is 6.07. The van der Waals surface area contributed by atoms with Gasteiger partial charge in [0.15, 0.2) is 0 Å². The molecule has 0 heterocycles. The molecule has 3 aromatic rings. The first-order valence-corrected chi connectivity index (χ1v) is 8.60. The number of anilines is 2. The number of rotatable bonds is 5. The average molecular weight is 378 g/mol. The summed E-state index contributed by atoms with van der Waals surface area (Å²) in [5.74, 6) is -1.19. The third-order valence-corrected chi connectivity index (χ3v) is 4.29. The van der Waals surface area contributed by atoms with Crippen LogP contribution in [0.25, 0.3) is 0 Å². The Labute approximate surface area is 162 Å². The van der Waals surface area contributed by atoms with Gasteiger partial charge in [-0.1, -0.05) is 24.3 Å². The predicted octanol–water partition coefficient (Wildman–Crippen LogP) is 4.65. The van der Waals surface area contributed by atoms with Crippen LogP contribution < -0.4 is 15.4 Å². The molecule has 5 nitrogen and oxygen atoms in total. The van der Waals surface area contributed by atoms with Crippen LogP contribution in [0.4, 0.5) is 15.8 Å². The molecule has 0 spiro atoms. The average Bonchev–Trinajstić information content (AvgIpc) is 2.71. The molecule has 28 heavy (non-hydrogen) atoms. The van der Waals surface area contributed by atoms with Crippen LogP contribution in [0.2, 0.25) is 0 Å². The second kappa shape index (κ2) is 8.35. The number of ether oxygens (including phenoxy) is 1. The van der Waals surface area contributed by atoms with Crippen LogP contribution in [0, 0.1) is 12.7 Å². The second-order valence-electron chi connectivity index (χ2n) is 6.10. The van der Waals surface area contributed by atoms with E-state index < -0.39 is 11.7 Å². The number of hydrogen-bond donors (Lipinski definition) is 2. The van der Waals surface area contributed by atoms with E-state index in [2.05, 4.69) is 10.6 Å². The second-order valence-corrected chi connectivity index (χ2v) is 6.10. The Bertz CT molecular complexity index is 1020. The van der Waals surface area contributed by atoms with Crippen molar-refractivity contribution in [3.8, 4) is 5.75 Å². The monoisotopic (exact) mass is 378 g/mol. The molecule has 0 atom stereocenters. The Morgan fingerprint density at radius 3 is 2.11 bits per heavy atom. The topological polar surface area (TPSA) is 67.4 Å². The molecular formula is C22H19FN2O3. The van der Waals surface area contributed by atoms with Crippen LogP contribution in [-0.4, -0.2) is 18.9 Å². The maximum absolute atomic E-state index is 14.1. The van der Waals surface area contributed by atoms with E-state index in [0.717, 1.165) is 6.07 Å². The molecule has 0 aliphatic rings. The standard InChI is InChI=1S/C22H19FN2O3/c1-14-19(24-21(26)15-7-4-3-5-8-15)9-6-10-20(14)25-22(27)17-12-11-16(28-2)13-18(17)23/h3-13H,1-2H3,(H,24,26)(H,25,27). The fourth-order valence-corrected chi connectivity index (χ4v) is 2.69. The van der Waals surface area contributed by atoms with Crippen molar-refractivity contribution in [3.05, 3.63) is 89.2 Å². The Kier molecular flexibility index (Phi) is 5.69. The van der Waals surface area contributed by atoms with Gasteiger partial charge in [0.2, 0.25) is 0 Å². The molecule has 2 N–H and O–H groups in total. The van der Waals surface area contributed by atoms with Gasteiger partial charge in [0.25, 0.3) is 11.8 Å². The quantitative estimate of drug-likeness (QED) is 0.679. The molecule has 142 valence electrons. The van der Waals surface area contributed by atoms with E-state index in [9.17, 15) is 14.0 Å². The van der Waals surface area contributed by atoms with Gasteiger partial charge in [-0.25, -0.2) is 4.39 Å². The molecule has 0 bridgehead atoms. The third kappa shape index (κ3) is 4.17. The van der Waals surface area contributed by atoms with E-state index in [0.29, 0.717) is 28.3 Å². The van der Waals surface area contributed by atoms with Crippen LogP contribution in [0.1, 0.15) is 26.3 Å². The molecule has 0 saturated carbocycles.